The minimum Gasteiger partial charge on any atom is -0.481 e. The number of carboxylic acids is 1. The van der Waals surface area contributed by atoms with Crippen LogP contribution in [0.1, 0.15) is 101 Å². The number of ketones is 1. The van der Waals surface area contributed by atoms with E-state index in [0.717, 1.165) is 50.8 Å². The third kappa shape index (κ3) is 11.1. The minimum absolute atomic E-state index is 0.0114. The van der Waals surface area contributed by atoms with Crippen molar-refractivity contribution >= 4 is 17.4 Å². The predicted octanol–water partition coefficient (Wildman–Crippen LogP) is 8.00. The second-order valence-electron chi connectivity index (χ2n) is 11.5. The number of rotatable bonds is 17. The zero-order valence-corrected chi connectivity index (χ0v) is 24.1. The SMILES string of the molecule is CC[C@@H](CC(=O)O)c1ccc(N(CC(C)C)CC(C)C)c(CCCC(=O)CCCc2ccc(C)cc2)c1. The number of hydrogen-bond donors (Lipinski definition) is 1. The molecule has 204 valence electrons. The van der Waals surface area contributed by atoms with Crippen molar-refractivity contribution in [3.63, 3.8) is 0 Å². The fourth-order valence-corrected chi connectivity index (χ4v) is 5.07. The Morgan fingerprint density at radius 1 is 0.865 bits per heavy atom. The summed E-state index contributed by atoms with van der Waals surface area (Å²) in [6.07, 6.45) is 5.67. The van der Waals surface area contributed by atoms with Crippen molar-refractivity contribution in [3.05, 3.63) is 64.7 Å². The molecule has 2 aromatic rings. The maximum Gasteiger partial charge on any atom is 0.303 e. The van der Waals surface area contributed by atoms with Crippen molar-refractivity contribution in [3.8, 4) is 0 Å². The number of aryl methyl sites for hydroxylation is 3. The van der Waals surface area contributed by atoms with E-state index in [1.807, 2.05) is 0 Å². The molecule has 4 heteroatoms. The van der Waals surface area contributed by atoms with Crippen LogP contribution in [0.3, 0.4) is 0 Å². The molecule has 0 aliphatic carbocycles. The Labute approximate surface area is 225 Å². The lowest BCUT2D eigenvalue weighted by atomic mass is 9.90. The summed E-state index contributed by atoms with van der Waals surface area (Å²) in [7, 11) is 0. The Morgan fingerprint density at radius 2 is 1.46 bits per heavy atom. The highest BCUT2D eigenvalue weighted by Gasteiger charge is 2.19. The highest BCUT2D eigenvalue weighted by Crippen LogP contribution is 2.31. The molecule has 37 heavy (non-hydrogen) atoms. The smallest absolute Gasteiger partial charge is 0.303 e. The van der Waals surface area contributed by atoms with Gasteiger partial charge in [-0.25, -0.2) is 0 Å². The second-order valence-corrected chi connectivity index (χ2v) is 11.5. The average molecular weight is 508 g/mol. The third-order valence-electron chi connectivity index (χ3n) is 6.94. The highest BCUT2D eigenvalue weighted by atomic mass is 16.4. The van der Waals surface area contributed by atoms with Gasteiger partial charge < -0.3 is 10.0 Å². The molecule has 1 atom stereocenters. The van der Waals surface area contributed by atoms with Gasteiger partial charge in [-0.3, -0.25) is 9.59 Å². The Hall–Kier alpha value is -2.62. The van der Waals surface area contributed by atoms with Crippen molar-refractivity contribution in [1.82, 2.24) is 0 Å². The fraction of sp³-hybridized carbons (Fsp3) is 0.576. The summed E-state index contributed by atoms with van der Waals surface area (Å²) in [6.45, 7) is 15.1. The summed E-state index contributed by atoms with van der Waals surface area (Å²) in [5.41, 5.74) is 6.14. The number of carboxylic acid groups (broad SMARTS) is 1. The van der Waals surface area contributed by atoms with E-state index in [0.29, 0.717) is 30.5 Å². The van der Waals surface area contributed by atoms with Gasteiger partial charge in [0.25, 0.3) is 0 Å². The predicted molar refractivity (Wildman–Crippen MR) is 156 cm³/mol. The van der Waals surface area contributed by atoms with Gasteiger partial charge in [-0.05, 0) is 79.5 Å². The van der Waals surface area contributed by atoms with E-state index in [1.165, 1.54) is 22.4 Å². The van der Waals surface area contributed by atoms with Crippen LogP contribution in [0.25, 0.3) is 0 Å². The molecule has 0 fully saturated rings. The number of nitrogens with zero attached hydrogens (tertiary/aromatic N) is 1. The molecular weight excluding hydrogens is 458 g/mol. The largest absolute Gasteiger partial charge is 0.481 e. The van der Waals surface area contributed by atoms with E-state index in [2.05, 4.69) is 88.9 Å². The van der Waals surface area contributed by atoms with Crippen LogP contribution in [0.2, 0.25) is 0 Å². The molecule has 0 saturated heterocycles. The molecule has 2 aromatic carbocycles. The fourth-order valence-electron chi connectivity index (χ4n) is 5.07. The van der Waals surface area contributed by atoms with Gasteiger partial charge in [0.2, 0.25) is 0 Å². The van der Waals surface area contributed by atoms with Crippen LogP contribution in [0.15, 0.2) is 42.5 Å². The van der Waals surface area contributed by atoms with Crippen LogP contribution < -0.4 is 4.90 Å². The van der Waals surface area contributed by atoms with Gasteiger partial charge in [-0.2, -0.15) is 0 Å². The van der Waals surface area contributed by atoms with E-state index >= 15 is 0 Å². The summed E-state index contributed by atoms with van der Waals surface area (Å²) in [6, 6.07) is 15.1. The Morgan fingerprint density at radius 3 is 2.00 bits per heavy atom. The van der Waals surface area contributed by atoms with Crippen molar-refractivity contribution in [2.24, 2.45) is 11.8 Å². The third-order valence-corrected chi connectivity index (χ3v) is 6.94. The van der Waals surface area contributed by atoms with E-state index in [4.69, 9.17) is 0 Å². The normalized spacial score (nSPS) is 12.2. The van der Waals surface area contributed by atoms with Gasteiger partial charge in [0.05, 0.1) is 6.42 Å². The summed E-state index contributed by atoms with van der Waals surface area (Å²) in [5.74, 6) is 0.671. The molecule has 4 nitrogen and oxygen atoms in total. The van der Waals surface area contributed by atoms with E-state index in [1.54, 1.807) is 0 Å². The standard InChI is InChI=1S/C33H49NO3/c1-7-28(21-33(36)37)29-18-19-32(34(22-24(2)3)23-25(4)5)30(20-29)11-9-13-31(35)12-8-10-27-16-14-26(6)15-17-27/h14-20,24-25,28H,7-13,21-23H2,1-6H3,(H,36,37)/t28-/m0/s1. The molecule has 0 aliphatic rings. The number of benzene rings is 2. The van der Waals surface area contributed by atoms with Crippen LogP contribution in [0, 0.1) is 18.8 Å². The molecule has 0 unspecified atom stereocenters. The summed E-state index contributed by atoms with van der Waals surface area (Å²) in [5, 5.41) is 9.40. The number of aliphatic carboxylic acids is 1. The zero-order chi connectivity index (χ0) is 27.4. The minimum atomic E-state index is -0.755. The molecule has 0 bridgehead atoms. The molecule has 0 aliphatic heterocycles. The number of anilines is 1. The molecule has 0 saturated carbocycles. The van der Waals surface area contributed by atoms with Crippen molar-refractivity contribution in [1.29, 1.82) is 0 Å². The van der Waals surface area contributed by atoms with Gasteiger partial charge in [-0.1, -0.05) is 76.6 Å². The Bertz CT molecular complexity index is 968. The Kier molecular flexibility index (Phi) is 12.9. The van der Waals surface area contributed by atoms with Crippen LogP contribution in [-0.2, 0) is 22.4 Å². The van der Waals surface area contributed by atoms with Crippen molar-refractivity contribution in [2.75, 3.05) is 18.0 Å². The topological polar surface area (TPSA) is 57.6 Å². The molecule has 2 rings (SSSR count). The molecule has 0 aromatic heterocycles. The maximum atomic E-state index is 12.7. The lowest BCUT2D eigenvalue weighted by molar-refractivity contribution is -0.137. The maximum absolute atomic E-state index is 12.7. The number of carbonyl (C=O) groups is 2. The number of hydrogen-bond acceptors (Lipinski definition) is 3. The summed E-state index contributed by atoms with van der Waals surface area (Å²) < 4.78 is 0. The summed E-state index contributed by atoms with van der Waals surface area (Å²) >= 11 is 0. The van der Waals surface area contributed by atoms with Gasteiger partial charge >= 0.3 is 5.97 Å². The van der Waals surface area contributed by atoms with E-state index in [-0.39, 0.29) is 12.3 Å². The van der Waals surface area contributed by atoms with Crippen molar-refractivity contribution in [2.45, 2.75) is 98.8 Å². The van der Waals surface area contributed by atoms with Crippen LogP contribution in [-0.4, -0.2) is 29.9 Å². The first kappa shape index (κ1) is 30.6. The first-order valence-electron chi connectivity index (χ1n) is 14.3. The average Bonchev–Trinajstić information content (AvgIpc) is 2.82. The van der Waals surface area contributed by atoms with Gasteiger partial charge in [0.15, 0.2) is 0 Å². The first-order valence-corrected chi connectivity index (χ1v) is 14.3. The number of Topliss-reactive ketones (excluding diaryl/α,β-unsaturated/α-hetero) is 1. The van der Waals surface area contributed by atoms with Gasteiger partial charge in [-0.15, -0.1) is 0 Å². The molecule has 1 N–H and O–H groups in total. The highest BCUT2D eigenvalue weighted by molar-refractivity contribution is 5.78. The van der Waals surface area contributed by atoms with Crippen molar-refractivity contribution < 1.29 is 14.7 Å². The zero-order valence-electron chi connectivity index (χ0n) is 24.1. The molecular formula is C33H49NO3. The molecule has 0 heterocycles. The van der Waals surface area contributed by atoms with Gasteiger partial charge in [0, 0.05) is 31.6 Å². The lowest BCUT2D eigenvalue weighted by Crippen LogP contribution is -2.32. The van der Waals surface area contributed by atoms with E-state index < -0.39 is 5.97 Å². The second kappa shape index (κ2) is 15.6. The monoisotopic (exact) mass is 507 g/mol. The van der Waals surface area contributed by atoms with Crippen LogP contribution >= 0.6 is 0 Å². The van der Waals surface area contributed by atoms with E-state index in [9.17, 15) is 14.7 Å². The van der Waals surface area contributed by atoms with Crippen LogP contribution in [0.4, 0.5) is 5.69 Å². The lowest BCUT2D eigenvalue weighted by Gasteiger charge is -2.31. The Balaban J connectivity index is 2.11. The number of carbonyl (C=O) groups excluding carboxylic acids is 1. The molecule has 0 spiro atoms. The first-order chi connectivity index (χ1) is 17.6. The summed E-state index contributed by atoms with van der Waals surface area (Å²) in [4.78, 5) is 26.6. The quantitative estimate of drug-likeness (QED) is 0.236. The molecule has 0 radical (unpaired) electrons. The molecule has 0 amide bonds. The van der Waals surface area contributed by atoms with Crippen LogP contribution in [0.5, 0.6) is 0 Å². The van der Waals surface area contributed by atoms with Gasteiger partial charge in [0.1, 0.15) is 5.78 Å².